The standard InChI is InChI=1S/C39H45F3N4O5/c1-24-11-8-9-20-49-38(6)16-18-45(19-17-38)35-33(34(36(47)48-7)51-37(3,4)5)25(2)43-32-23-30(44-46(32)35)27-13-10-12-26(21-27)29-22-28(39(40,41)42)14-15-31(29)50-24/h8-10,12-15,21-24,34H,11,16-20H2,1-7H3/t24-,34-/m0/s1. The smallest absolute Gasteiger partial charge is 0.416 e. The molecular formula is C39H45F3N4O5. The van der Waals surface area contributed by atoms with Gasteiger partial charge in [0.25, 0.3) is 0 Å². The molecule has 0 N–H and O–H groups in total. The first kappa shape index (κ1) is 36.4. The highest BCUT2D eigenvalue weighted by molar-refractivity contribution is 5.81. The number of esters is 1. The third kappa shape index (κ3) is 7.92. The summed E-state index contributed by atoms with van der Waals surface area (Å²) in [5.74, 6) is 0.456. The third-order valence-electron chi connectivity index (χ3n) is 9.34. The van der Waals surface area contributed by atoms with Gasteiger partial charge in [-0.05, 0) is 84.2 Å². The fraction of sp³-hybridized carbons (Fsp3) is 0.462. The maximum atomic E-state index is 13.9. The monoisotopic (exact) mass is 706 g/mol. The molecule has 2 aromatic carbocycles. The maximum Gasteiger partial charge on any atom is 0.416 e. The van der Waals surface area contributed by atoms with Crippen molar-refractivity contribution >= 4 is 17.4 Å². The summed E-state index contributed by atoms with van der Waals surface area (Å²) in [4.78, 5) is 20.5. The van der Waals surface area contributed by atoms with E-state index >= 15 is 0 Å². The van der Waals surface area contributed by atoms with Crippen LogP contribution < -0.4 is 9.64 Å². The average molecular weight is 707 g/mol. The van der Waals surface area contributed by atoms with Crippen LogP contribution in [0.3, 0.4) is 0 Å². The lowest BCUT2D eigenvalue weighted by molar-refractivity contribution is -0.164. The Balaban J connectivity index is 1.56. The normalized spacial score (nSPS) is 20.6. The van der Waals surface area contributed by atoms with Crippen molar-refractivity contribution in [2.24, 2.45) is 0 Å². The molecule has 6 bridgehead atoms. The predicted octanol–water partition coefficient (Wildman–Crippen LogP) is 8.52. The van der Waals surface area contributed by atoms with Crippen molar-refractivity contribution in [3.8, 4) is 28.1 Å². The Kier molecular flexibility index (Phi) is 9.95. The van der Waals surface area contributed by atoms with E-state index in [-0.39, 0.29) is 11.7 Å². The van der Waals surface area contributed by atoms with Crippen LogP contribution in [-0.2, 0) is 25.2 Å². The minimum absolute atomic E-state index is 0.305. The first-order chi connectivity index (χ1) is 24.0. The Morgan fingerprint density at radius 3 is 2.45 bits per heavy atom. The van der Waals surface area contributed by atoms with E-state index in [4.69, 9.17) is 29.0 Å². The number of carbonyl (C=O) groups excluding carboxylic acids is 1. The van der Waals surface area contributed by atoms with Crippen molar-refractivity contribution in [1.29, 1.82) is 0 Å². The number of carbonyl (C=O) groups is 1. The highest BCUT2D eigenvalue weighted by Gasteiger charge is 2.38. The maximum absolute atomic E-state index is 13.9. The SMILES string of the molecule is COC(=O)[C@@H](OC(C)(C)C)c1c(C)nc2cc3nn2c1N1CCC(C)(CC1)OCC=CC[C@H](C)Oc1ccc(C(F)(F)F)cc1-c1cccc-3c1. The van der Waals surface area contributed by atoms with Gasteiger partial charge in [0.05, 0.1) is 47.8 Å². The molecule has 1 saturated heterocycles. The molecule has 0 saturated carbocycles. The molecule has 1 fully saturated rings. The zero-order valence-corrected chi connectivity index (χ0v) is 30.1. The van der Waals surface area contributed by atoms with E-state index in [0.29, 0.717) is 77.0 Å². The van der Waals surface area contributed by atoms with Gasteiger partial charge in [0.1, 0.15) is 11.6 Å². The number of benzene rings is 2. The summed E-state index contributed by atoms with van der Waals surface area (Å²) in [7, 11) is 1.33. The van der Waals surface area contributed by atoms with Crippen molar-refractivity contribution in [2.75, 3.05) is 31.7 Å². The topological polar surface area (TPSA) is 87.4 Å². The second-order valence-electron chi connectivity index (χ2n) is 14.5. The quantitative estimate of drug-likeness (QED) is 0.155. The van der Waals surface area contributed by atoms with Gasteiger partial charge >= 0.3 is 12.1 Å². The zero-order valence-electron chi connectivity index (χ0n) is 30.1. The van der Waals surface area contributed by atoms with Gasteiger partial charge in [0.15, 0.2) is 11.8 Å². The van der Waals surface area contributed by atoms with Crippen molar-refractivity contribution in [3.05, 3.63) is 77.5 Å². The molecule has 2 aromatic heterocycles. The molecular weight excluding hydrogens is 661 g/mol. The number of fused-ring (bicyclic) bond motifs is 7. The van der Waals surface area contributed by atoms with Crippen molar-refractivity contribution in [3.63, 3.8) is 0 Å². The van der Waals surface area contributed by atoms with Crippen LogP contribution >= 0.6 is 0 Å². The summed E-state index contributed by atoms with van der Waals surface area (Å²) in [6.07, 6.45) is -0.00340. The first-order valence-corrected chi connectivity index (χ1v) is 17.2. The minimum Gasteiger partial charge on any atom is -0.490 e. The number of nitrogens with zero attached hydrogens (tertiary/aromatic N) is 4. The van der Waals surface area contributed by atoms with Crippen LogP contribution in [0.15, 0.2) is 60.7 Å². The van der Waals surface area contributed by atoms with Gasteiger partial charge in [-0.1, -0.05) is 30.4 Å². The second kappa shape index (κ2) is 14.0. The molecule has 0 spiro atoms. The van der Waals surface area contributed by atoms with Crippen LogP contribution in [0.2, 0.25) is 0 Å². The molecule has 7 rings (SSSR count). The summed E-state index contributed by atoms with van der Waals surface area (Å²) in [5, 5.41) is 5.03. The molecule has 0 amide bonds. The van der Waals surface area contributed by atoms with Crippen LogP contribution in [0.25, 0.3) is 28.0 Å². The Hall–Kier alpha value is -4.42. The number of hydrogen-bond donors (Lipinski definition) is 0. The van der Waals surface area contributed by atoms with E-state index in [1.165, 1.54) is 13.2 Å². The number of aromatic nitrogens is 3. The number of rotatable bonds is 3. The van der Waals surface area contributed by atoms with E-state index < -0.39 is 29.4 Å². The highest BCUT2D eigenvalue weighted by Crippen LogP contribution is 2.41. The fourth-order valence-corrected chi connectivity index (χ4v) is 6.64. The second-order valence-corrected chi connectivity index (χ2v) is 14.5. The van der Waals surface area contributed by atoms with Gasteiger partial charge in [-0.3, -0.25) is 0 Å². The van der Waals surface area contributed by atoms with Gasteiger partial charge in [0.2, 0.25) is 0 Å². The lowest BCUT2D eigenvalue weighted by Gasteiger charge is -2.41. The highest BCUT2D eigenvalue weighted by atomic mass is 19.4. The number of anilines is 1. The molecule has 3 aliphatic heterocycles. The van der Waals surface area contributed by atoms with Crippen molar-refractivity contribution < 1.29 is 36.9 Å². The molecule has 0 unspecified atom stereocenters. The van der Waals surface area contributed by atoms with Crippen LogP contribution in [0.4, 0.5) is 19.0 Å². The van der Waals surface area contributed by atoms with E-state index in [2.05, 4.69) is 11.8 Å². The summed E-state index contributed by atoms with van der Waals surface area (Å²) in [6, 6.07) is 12.6. The molecule has 0 radical (unpaired) electrons. The van der Waals surface area contributed by atoms with Crippen LogP contribution in [0, 0.1) is 6.92 Å². The van der Waals surface area contributed by atoms with Crippen molar-refractivity contribution in [2.45, 2.75) is 90.4 Å². The number of halogens is 3. The van der Waals surface area contributed by atoms with E-state index in [1.54, 1.807) is 16.6 Å². The van der Waals surface area contributed by atoms with E-state index in [1.807, 2.05) is 65.0 Å². The summed E-state index contributed by atoms with van der Waals surface area (Å²) in [6.45, 7) is 13.1. The van der Waals surface area contributed by atoms with Gasteiger partial charge in [-0.2, -0.15) is 22.8 Å². The first-order valence-electron chi connectivity index (χ1n) is 17.2. The molecule has 2 atom stereocenters. The number of aryl methyl sites for hydroxylation is 1. The van der Waals surface area contributed by atoms with Crippen LogP contribution in [0.5, 0.6) is 5.75 Å². The van der Waals surface area contributed by atoms with Crippen LogP contribution in [0.1, 0.15) is 76.8 Å². The number of alkyl halides is 3. The Morgan fingerprint density at radius 2 is 1.76 bits per heavy atom. The van der Waals surface area contributed by atoms with Crippen molar-refractivity contribution in [1.82, 2.24) is 14.6 Å². The van der Waals surface area contributed by atoms with Gasteiger partial charge in [-0.25, -0.2) is 9.78 Å². The van der Waals surface area contributed by atoms with E-state index in [9.17, 15) is 18.0 Å². The minimum atomic E-state index is -4.53. The molecule has 5 heterocycles. The Bertz CT molecular complexity index is 1940. The van der Waals surface area contributed by atoms with Crippen LogP contribution in [-0.4, -0.2) is 64.7 Å². The lowest BCUT2D eigenvalue weighted by Crippen LogP contribution is -2.45. The Morgan fingerprint density at radius 1 is 1.04 bits per heavy atom. The predicted molar refractivity (Wildman–Crippen MR) is 189 cm³/mol. The average Bonchev–Trinajstić information content (AvgIpc) is 3.49. The molecule has 9 nitrogen and oxygen atoms in total. The number of piperidine rings is 1. The summed E-state index contributed by atoms with van der Waals surface area (Å²) < 4.78 is 67.8. The zero-order chi connectivity index (χ0) is 36.7. The number of hydrogen-bond acceptors (Lipinski definition) is 8. The molecule has 51 heavy (non-hydrogen) atoms. The molecule has 272 valence electrons. The third-order valence-corrected chi connectivity index (χ3v) is 9.34. The lowest BCUT2D eigenvalue weighted by atomic mass is 9.92. The fourth-order valence-electron chi connectivity index (χ4n) is 6.64. The number of ether oxygens (including phenoxy) is 4. The Labute approximate surface area is 296 Å². The molecule has 0 aliphatic carbocycles. The number of methoxy groups -OCH3 is 1. The molecule has 4 aromatic rings. The summed E-state index contributed by atoms with van der Waals surface area (Å²) >= 11 is 0. The summed E-state index contributed by atoms with van der Waals surface area (Å²) in [5.41, 5.74) is 1.93. The largest absolute Gasteiger partial charge is 0.490 e. The van der Waals surface area contributed by atoms with E-state index in [0.717, 1.165) is 25.0 Å². The van der Waals surface area contributed by atoms with Gasteiger partial charge in [0, 0.05) is 42.4 Å². The molecule has 3 aliphatic rings. The van der Waals surface area contributed by atoms with Gasteiger partial charge < -0.3 is 23.8 Å². The molecule has 12 heteroatoms. The van der Waals surface area contributed by atoms with Gasteiger partial charge in [-0.15, -0.1) is 0 Å².